The average molecular weight is 651 g/mol. The molecule has 10 nitrogen and oxygen atoms in total. The number of hydrogen-bond acceptors (Lipinski definition) is 8. The van der Waals surface area contributed by atoms with Crippen LogP contribution in [0.25, 0.3) is 0 Å². The van der Waals surface area contributed by atoms with Gasteiger partial charge < -0.3 is 14.7 Å². The number of alkyl halides is 6. The quantitative estimate of drug-likeness (QED) is 0.331. The van der Waals surface area contributed by atoms with Crippen LogP contribution in [0, 0.1) is 11.3 Å². The third-order valence-electron chi connectivity index (χ3n) is 8.33. The first-order valence-corrected chi connectivity index (χ1v) is 14.4. The van der Waals surface area contributed by atoms with Crippen LogP contribution in [0.15, 0.2) is 12.3 Å². The summed E-state index contributed by atoms with van der Waals surface area (Å²) in [6.07, 6.45) is -6.33. The summed E-state index contributed by atoms with van der Waals surface area (Å²) in [7, 11) is 0. The summed E-state index contributed by atoms with van der Waals surface area (Å²) in [6.45, 7) is 2.92. The lowest BCUT2D eigenvalue weighted by atomic mass is 9.89. The molecule has 0 unspecified atom stereocenters. The van der Waals surface area contributed by atoms with E-state index in [0.717, 1.165) is 16.0 Å². The second-order valence-corrected chi connectivity index (χ2v) is 11.9. The molecule has 4 rings (SSSR count). The molecular formula is C27H32F6N6O4S. The van der Waals surface area contributed by atoms with Crippen molar-refractivity contribution in [1.29, 1.82) is 5.26 Å². The lowest BCUT2D eigenvalue weighted by Gasteiger charge is -2.42. The maximum atomic E-state index is 13.5. The minimum Gasteiger partial charge on any atom is -0.480 e. The molecule has 242 valence electrons. The van der Waals surface area contributed by atoms with E-state index >= 15 is 0 Å². The summed E-state index contributed by atoms with van der Waals surface area (Å²) in [5, 5.41) is 18.0. The molecule has 1 N–H and O–H groups in total. The SMILES string of the molecule is CC1(C)C(=O)N(c2cnc(C#N)c(C(F)(F)F)c2)C(=S)N1[C@H]1CC[C@H](OCCN2CCN(CC(=O)O)[C@@H](C(F)(F)F)C2)CC1. The predicted molar refractivity (Wildman–Crippen MR) is 147 cm³/mol. The number of halogens is 6. The molecule has 2 saturated heterocycles. The Labute approximate surface area is 255 Å². The minimum absolute atomic E-state index is 0.0289. The predicted octanol–water partition coefficient (Wildman–Crippen LogP) is 3.65. The largest absolute Gasteiger partial charge is 0.480 e. The van der Waals surface area contributed by atoms with E-state index in [0.29, 0.717) is 31.7 Å². The molecule has 1 saturated carbocycles. The second-order valence-electron chi connectivity index (χ2n) is 11.6. The van der Waals surface area contributed by atoms with Gasteiger partial charge in [-0.25, -0.2) is 4.98 Å². The van der Waals surface area contributed by atoms with Gasteiger partial charge in [-0.05, 0) is 57.8 Å². The molecule has 0 aromatic carbocycles. The van der Waals surface area contributed by atoms with E-state index in [1.165, 1.54) is 6.07 Å². The number of pyridine rings is 1. The van der Waals surface area contributed by atoms with Gasteiger partial charge in [0.1, 0.15) is 17.6 Å². The Morgan fingerprint density at radius 3 is 2.41 bits per heavy atom. The molecule has 1 aliphatic carbocycles. The fraction of sp³-hybridized carbons (Fsp3) is 0.667. The molecule has 1 aromatic rings. The van der Waals surface area contributed by atoms with Gasteiger partial charge in [0.05, 0.1) is 36.7 Å². The van der Waals surface area contributed by atoms with Crippen LogP contribution in [0.1, 0.15) is 50.8 Å². The van der Waals surface area contributed by atoms with Crippen molar-refractivity contribution in [2.45, 2.75) is 75.6 Å². The Balaban J connectivity index is 1.34. The van der Waals surface area contributed by atoms with Crippen molar-refractivity contribution in [3.63, 3.8) is 0 Å². The van der Waals surface area contributed by atoms with Crippen molar-refractivity contribution in [2.75, 3.05) is 44.2 Å². The number of piperazine rings is 1. The van der Waals surface area contributed by atoms with Gasteiger partial charge in [0, 0.05) is 32.2 Å². The third kappa shape index (κ3) is 7.08. The number of rotatable bonds is 8. The second kappa shape index (κ2) is 12.7. The first-order chi connectivity index (χ1) is 20.4. The van der Waals surface area contributed by atoms with E-state index in [9.17, 15) is 35.9 Å². The number of carboxylic acids is 1. The number of thiocarbonyl (C=S) groups is 1. The number of nitriles is 1. The van der Waals surface area contributed by atoms with Crippen molar-refractivity contribution < 1.29 is 45.8 Å². The molecule has 0 spiro atoms. The molecule has 1 aromatic heterocycles. The van der Waals surface area contributed by atoms with Gasteiger partial charge >= 0.3 is 18.3 Å². The highest BCUT2D eigenvalue weighted by atomic mass is 32.1. The van der Waals surface area contributed by atoms with Crippen LogP contribution in [0.2, 0.25) is 0 Å². The summed E-state index contributed by atoms with van der Waals surface area (Å²) in [5.74, 6) is -1.84. The average Bonchev–Trinajstić information content (AvgIpc) is 3.11. The van der Waals surface area contributed by atoms with Crippen molar-refractivity contribution in [3.8, 4) is 6.07 Å². The van der Waals surface area contributed by atoms with Crippen LogP contribution < -0.4 is 4.90 Å². The van der Waals surface area contributed by atoms with E-state index in [4.69, 9.17) is 27.3 Å². The normalized spacial score (nSPS) is 25.4. The Morgan fingerprint density at radius 1 is 1.18 bits per heavy atom. The van der Waals surface area contributed by atoms with Gasteiger partial charge in [0.25, 0.3) is 5.91 Å². The number of anilines is 1. The first-order valence-electron chi connectivity index (χ1n) is 14.0. The fourth-order valence-corrected chi connectivity index (χ4v) is 6.67. The molecule has 44 heavy (non-hydrogen) atoms. The topological polar surface area (TPSA) is 113 Å². The number of aromatic nitrogens is 1. The van der Waals surface area contributed by atoms with Crippen LogP contribution in [0.5, 0.6) is 0 Å². The smallest absolute Gasteiger partial charge is 0.419 e. The zero-order valence-electron chi connectivity index (χ0n) is 24.0. The van der Waals surface area contributed by atoms with E-state index < -0.39 is 53.6 Å². The Hall–Kier alpha value is -3.07. The molecule has 3 aliphatic rings. The molecular weight excluding hydrogens is 618 g/mol. The number of ether oxygens (including phenoxy) is 1. The van der Waals surface area contributed by atoms with Crippen molar-refractivity contribution in [3.05, 3.63) is 23.5 Å². The van der Waals surface area contributed by atoms with E-state index in [2.05, 4.69) is 4.98 Å². The van der Waals surface area contributed by atoms with Crippen LogP contribution >= 0.6 is 12.2 Å². The summed E-state index contributed by atoms with van der Waals surface area (Å²) in [6, 6.07) is 0.0201. The molecule has 0 radical (unpaired) electrons. The van der Waals surface area contributed by atoms with Crippen molar-refractivity contribution >= 4 is 34.9 Å². The zero-order chi connectivity index (χ0) is 32.6. The number of carboxylic acid groups (broad SMARTS) is 1. The van der Waals surface area contributed by atoms with Crippen LogP contribution in [0.4, 0.5) is 32.0 Å². The third-order valence-corrected chi connectivity index (χ3v) is 8.71. The number of nitrogens with zero attached hydrogens (tertiary/aromatic N) is 6. The van der Waals surface area contributed by atoms with Gasteiger partial charge in [-0.3, -0.25) is 24.3 Å². The van der Waals surface area contributed by atoms with Crippen LogP contribution in [-0.2, 0) is 20.5 Å². The number of aliphatic carboxylic acids is 1. The van der Waals surface area contributed by atoms with Crippen molar-refractivity contribution in [2.24, 2.45) is 0 Å². The first kappa shape index (κ1) is 33.8. The summed E-state index contributed by atoms with van der Waals surface area (Å²) < 4.78 is 87.2. The maximum Gasteiger partial charge on any atom is 0.419 e. The van der Waals surface area contributed by atoms with Gasteiger partial charge in [-0.2, -0.15) is 31.6 Å². The van der Waals surface area contributed by atoms with Gasteiger partial charge in [-0.15, -0.1) is 0 Å². The highest BCUT2D eigenvalue weighted by Gasteiger charge is 2.53. The van der Waals surface area contributed by atoms with Gasteiger partial charge in [0.2, 0.25) is 0 Å². The molecule has 2 aliphatic heterocycles. The van der Waals surface area contributed by atoms with Gasteiger partial charge in [-0.1, -0.05) is 0 Å². The molecule has 17 heteroatoms. The lowest BCUT2D eigenvalue weighted by molar-refractivity contribution is -0.199. The van der Waals surface area contributed by atoms with Crippen molar-refractivity contribution in [1.82, 2.24) is 19.7 Å². The maximum absolute atomic E-state index is 13.5. The Bertz CT molecular complexity index is 1310. The van der Waals surface area contributed by atoms with Gasteiger partial charge in [0.15, 0.2) is 10.8 Å². The summed E-state index contributed by atoms with van der Waals surface area (Å²) in [5.41, 5.74) is -3.43. The molecule has 0 bridgehead atoms. The van der Waals surface area contributed by atoms with E-state index in [-0.39, 0.29) is 55.7 Å². The standard InChI is InChI=1S/C27H32F6N6O4S/c1-25(2)23(42)38(17-11-19(26(28,29)30)20(12-34)35-13-17)24(44)39(25)16-3-5-18(6-4-16)43-10-9-36-7-8-37(15-22(40)41)21(14-36)27(31,32)33/h11,13,16,18,21H,3-10,14-15H2,1-2H3,(H,40,41)/t16-,18-,21-/m1/s1. The molecule has 3 fully saturated rings. The summed E-state index contributed by atoms with van der Waals surface area (Å²) in [4.78, 5) is 33.3. The van der Waals surface area contributed by atoms with Crippen LogP contribution in [-0.4, -0.2) is 111 Å². The number of carbonyl (C=O) groups is 2. The lowest BCUT2D eigenvalue weighted by Crippen LogP contribution is -2.60. The number of amides is 1. The fourth-order valence-electron chi connectivity index (χ4n) is 6.10. The molecule has 1 atom stereocenters. The highest BCUT2D eigenvalue weighted by Crippen LogP contribution is 2.40. The summed E-state index contributed by atoms with van der Waals surface area (Å²) >= 11 is 5.59. The Kier molecular flexibility index (Phi) is 9.79. The Morgan fingerprint density at radius 2 is 1.84 bits per heavy atom. The zero-order valence-corrected chi connectivity index (χ0v) is 24.8. The monoisotopic (exact) mass is 650 g/mol. The highest BCUT2D eigenvalue weighted by molar-refractivity contribution is 7.80. The number of carbonyl (C=O) groups excluding carboxylic acids is 1. The molecule has 1 amide bonds. The molecule has 3 heterocycles. The minimum atomic E-state index is -4.86. The number of hydrogen-bond donors (Lipinski definition) is 1. The van der Waals surface area contributed by atoms with E-state index in [1.807, 2.05) is 0 Å². The van der Waals surface area contributed by atoms with E-state index in [1.54, 1.807) is 23.6 Å². The van der Waals surface area contributed by atoms with Crippen LogP contribution in [0.3, 0.4) is 0 Å².